The van der Waals surface area contributed by atoms with E-state index in [4.69, 9.17) is 17.3 Å². The molecule has 4 nitrogen and oxygen atoms in total. The summed E-state index contributed by atoms with van der Waals surface area (Å²) in [4.78, 5) is 11.0. The van der Waals surface area contributed by atoms with Crippen LogP contribution in [-0.2, 0) is 14.3 Å². The number of carbonyl (C=O) groups excluding carboxylic acids is 1. The summed E-state index contributed by atoms with van der Waals surface area (Å²) in [6.07, 6.45) is 0.858. The van der Waals surface area contributed by atoms with Gasteiger partial charge in [-0.05, 0) is 6.42 Å². The van der Waals surface area contributed by atoms with E-state index < -0.39 is 6.00 Å². The largest absolute Gasteiger partial charge is 0.382 e. The number of hydrogen-bond donors (Lipinski definition) is 1. The van der Waals surface area contributed by atoms with Crippen molar-refractivity contribution in [2.75, 3.05) is 13.7 Å². The second kappa shape index (κ2) is 5.51. The molecule has 15 heavy (non-hydrogen) atoms. The van der Waals surface area contributed by atoms with Crippen molar-refractivity contribution in [2.24, 2.45) is 5.92 Å². The van der Waals surface area contributed by atoms with Crippen LogP contribution in [0.3, 0.4) is 0 Å². The average Bonchev–Trinajstić information content (AvgIpc) is 2.51. The van der Waals surface area contributed by atoms with E-state index in [1.54, 1.807) is 7.05 Å². The first kappa shape index (κ1) is 12.5. The lowest BCUT2D eigenvalue weighted by Gasteiger charge is -2.19. The van der Waals surface area contributed by atoms with Crippen molar-refractivity contribution in [3.63, 3.8) is 0 Å². The fourth-order valence-electron chi connectivity index (χ4n) is 1.87. The van der Waals surface area contributed by atoms with Gasteiger partial charge in [0, 0.05) is 19.0 Å². The first-order chi connectivity index (χ1) is 7.10. The van der Waals surface area contributed by atoms with Crippen LogP contribution in [-0.4, -0.2) is 45.6 Å². The van der Waals surface area contributed by atoms with Gasteiger partial charge < -0.3 is 14.8 Å². The van der Waals surface area contributed by atoms with Crippen LogP contribution < -0.4 is 5.32 Å². The Morgan fingerprint density at radius 1 is 1.60 bits per heavy atom. The minimum atomic E-state index is -0.422. The summed E-state index contributed by atoms with van der Waals surface area (Å²) in [5, 5.41) is 2.50. The number of rotatable bonds is 4. The van der Waals surface area contributed by atoms with E-state index in [2.05, 4.69) is 12.2 Å². The first-order valence-electron chi connectivity index (χ1n) is 5.33. The fourth-order valence-corrected chi connectivity index (χ4v) is 1.87. The van der Waals surface area contributed by atoms with Crippen molar-refractivity contribution >= 4 is 13.8 Å². The van der Waals surface area contributed by atoms with Gasteiger partial charge in [-0.1, -0.05) is 13.8 Å². The Bertz CT molecular complexity index is 225. The minimum absolute atomic E-state index is 0.0407. The third-order valence-corrected chi connectivity index (χ3v) is 2.85. The Labute approximate surface area is 92.1 Å². The monoisotopic (exact) mass is 211 g/mol. The van der Waals surface area contributed by atoms with Crippen LogP contribution in [0.25, 0.3) is 0 Å². The maximum atomic E-state index is 11.0. The van der Waals surface area contributed by atoms with Gasteiger partial charge in [0.05, 0.1) is 12.2 Å². The van der Waals surface area contributed by atoms with Gasteiger partial charge in [-0.3, -0.25) is 4.79 Å². The summed E-state index contributed by atoms with van der Waals surface area (Å²) in [6, 6.07) is -0.422. The molecule has 1 heterocycles. The van der Waals surface area contributed by atoms with Gasteiger partial charge in [-0.15, -0.1) is 0 Å². The van der Waals surface area contributed by atoms with E-state index in [0.717, 1.165) is 6.42 Å². The molecule has 1 aliphatic rings. The summed E-state index contributed by atoms with van der Waals surface area (Å²) in [5.74, 6) is 0.0870. The van der Waals surface area contributed by atoms with Crippen LogP contribution in [0.5, 0.6) is 0 Å². The summed E-state index contributed by atoms with van der Waals surface area (Å²) in [5.41, 5.74) is 0. The Kier molecular flexibility index (Phi) is 4.60. The molecule has 0 aliphatic carbocycles. The highest BCUT2D eigenvalue weighted by Crippen LogP contribution is 2.29. The zero-order valence-electron chi connectivity index (χ0n) is 9.53. The minimum Gasteiger partial charge on any atom is -0.382 e. The molecular formula is C10H18BNO3. The molecule has 0 spiro atoms. The number of ether oxygens (including phenoxy) is 2. The zero-order valence-corrected chi connectivity index (χ0v) is 9.53. The molecule has 1 rings (SSSR count). The summed E-state index contributed by atoms with van der Waals surface area (Å²) in [7, 11) is 7.36. The standard InChI is InChI=1S/C10H18BNO3/c1-4-7-6(2)9(10(11)15-7)14-5-8(13)12-3/h6-7,9-10H,4-5H2,1-3H3,(H,12,13). The molecule has 1 amide bonds. The SMILES string of the molecule is [B]C1OC(CC)C(C)C1OCC(=O)NC. The van der Waals surface area contributed by atoms with E-state index in [-0.39, 0.29) is 30.6 Å². The molecule has 1 fully saturated rings. The second-order valence-corrected chi connectivity index (χ2v) is 3.86. The lowest BCUT2D eigenvalue weighted by Crippen LogP contribution is -2.34. The fraction of sp³-hybridized carbons (Fsp3) is 0.900. The summed E-state index contributed by atoms with van der Waals surface area (Å²) >= 11 is 0. The van der Waals surface area contributed by atoms with Crippen molar-refractivity contribution in [1.82, 2.24) is 5.32 Å². The van der Waals surface area contributed by atoms with Crippen molar-refractivity contribution in [1.29, 1.82) is 0 Å². The summed E-state index contributed by atoms with van der Waals surface area (Å²) < 4.78 is 11.0. The Hall–Kier alpha value is -0.545. The van der Waals surface area contributed by atoms with Crippen LogP contribution in [0.4, 0.5) is 0 Å². The number of amides is 1. The van der Waals surface area contributed by atoms with E-state index in [0.29, 0.717) is 0 Å². The van der Waals surface area contributed by atoms with Crippen molar-refractivity contribution in [3.05, 3.63) is 0 Å². The Morgan fingerprint density at radius 3 is 2.73 bits per heavy atom. The van der Waals surface area contributed by atoms with Gasteiger partial charge in [-0.25, -0.2) is 0 Å². The van der Waals surface area contributed by atoms with Gasteiger partial charge in [-0.2, -0.15) is 0 Å². The molecule has 0 saturated carbocycles. The number of likely N-dealkylation sites (N-methyl/N-ethyl adjacent to an activating group) is 1. The third kappa shape index (κ3) is 2.95. The Balaban J connectivity index is 2.44. The average molecular weight is 211 g/mol. The molecule has 1 aliphatic heterocycles. The normalized spacial score (nSPS) is 35.4. The van der Waals surface area contributed by atoms with E-state index in [1.165, 1.54) is 0 Å². The maximum Gasteiger partial charge on any atom is 0.245 e. The molecule has 4 unspecified atom stereocenters. The molecule has 0 aromatic rings. The van der Waals surface area contributed by atoms with E-state index >= 15 is 0 Å². The molecule has 2 radical (unpaired) electrons. The van der Waals surface area contributed by atoms with Crippen LogP contribution in [0.2, 0.25) is 0 Å². The highest BCUT2D eigenvalue weighted by atomic mass is 16.6. The van der Waals surface area contributed by atoms with Gasteiger partial charge >= 0.3 is 0 Å². The number of hydrogen-bond acceptors (Lipinski definition) is 3. The quantitative estimate of drug-likeness (QED) is 0.668. The first-order valence-corrected chi connectivity index (χ1v) is 5.33. The van der Waals surface area contributed by atoms with E-state index in [9.17, 15) is 4.79 Å². The smallest absolute Gasteiger partial charge is 0.245 e. The van der Waals surface area contributed by atoms with Crippen molar-refractivity contribution in [2.45, 2.75) is 38.5 Å². The lowest BCUT2D eigenvalue weighted by molar-refractivity contribution is -0.128. The molecule has 1 saturated heterocycles. The van der Waals surface area contributed by atoms with Crippen molar-refractivity contribution < 1.29 is 14.3 Å². The highest BCUT2D eigenvalue weighted by molar-refractivity contribution is 6.11. The molecule has 84 valence electrons. The topological polar surface area (TPSA) is 47.6 Å². The molecular weight excluding hydrogens is 193 g/mol. The summed E-state index contributed by atoms with van der Waals surface area (Å²) in [6.45, 7) is 4.13. The van der Waals surface area contributed by atoms with Crippen LogP contribution in [0, 0.1) is 5.92 Å². The van der Waals surface area contributed by atoms with Crippen molar-refractivity contribution in [3.8, 4) is 0 Å². The zero-order chi connectivity index (χ0) is 11.4. The number of nitrogens with one attached hydrogen (secondary N) is 1. The lowest BCUT2D eigenvalue weighted by atomic mass is 9.88. The van der Waals surface area contributed by atoms with Gasteiger partial charge in [0.1, 0.15) is 14.5 Å². The second-order valence-electron chi connectivity index (χ2n) is 3.86. The maximum absolute atomic E-state index is 11.0. The highest BCUT2D eigenvalue weighted by Gasteiger charge is 2.38. The Morgan fingerprint density at radius 2 is 2.27 bits per heavy atom. The van der Waals surface area contributed by atoms with Crippen LogP contribution in [0.15, 0.2) is 0 Å². The third-order valence-electron chi connectivity index (χ3n) is 2.85. The molecule has 4 atom stereocenters. The van der Waals surface area contributed by atoms with E-state index in [1.807, 2.05) is 6.92 Å². The molecule has 1 N–H and O–H groups in total. The van der Waals surface area contributed by atoms with Gasteiger partial charge in [0.25, 0.3) is 0 Å². The van der Waals surface area contributed by atoms with Crippen LogP contribution >= 0.6 is 0 Å². The van der Waals surface area contributed by atoms with Crippen LogP contribution in [0.1, 0.15) is 20.3 Å². The molecule has 5 heteroatoms. The molecule has 0 bridgehead atoms. The molecule has 0 aromatic carbocycles. The predicted molar refractivity (Wildman–Crippen MR) is 57.7 cm³/mol. The number of carbonyl (C=O) groups is 1. The van der Waals surface area contributed by atoms with Gasteiger partial charge in [0.2, 0.25) is 5.91 Å². The van der Waals surface area contributed by atoms with Gasteiger partial charge in [0.15, 0.2) is 0 Å². The predicted octanol–water partition coefficient (Wildman–Crippen LogP) is 0.0571. The molecule has 0 aromatic heterocycles.